The van der Waals surface area contributed by atoms with Crippen LogP contribution in [-0.4, -0.2) is 63.7 Å². The van der Waals surface area contributed by atoms with Crippen molar-refractivity contribution in [2.24, 2.45) is 5.92 Å². The van der Waals surface area contributed by atoms with Crippen LogP contribution in [0.2, 0.25) is 0 Å². The second kappa shape index (κ2) is 7.15. The Morgan fingerprint density at radius 1 is 1.28 bits per heavy atom. The quantitative estimate of drug-likeness (QED) is 0.584. The molecule has 1 unspecified atom stereocenters. The maximum atomic E-state index is 13.0. The van der Waals surface area contributed by atoms with Crippen LogP contribution in [0, 0.1) is 5.92 Å². The summed E-state index contributed by atoms with van der Waals surface area (Å²) in [7, 11) is 0. The van der Waals surface area contributed by atoms with Crippen LogP contribution in [0.4, 0.5) is 4.79 Å². The Hall–Kier alpha value is -1.89. The molecule has 1 aliphatic carbocycles. The number of ether oxygens (including phenoxy) is 1. The summed E-state index contributed by atoms with van der Waals surface area (Å²) in [6.45, 7) is 8.02. The van der Waals surface area contributed by atoms with Gasteiger partial charge in [-0.1, -0.05) is 11.3 Å². The molecule has 0 radical (unpaired) electrons. The first-order valence-corrected chi connectivity index (χ1v) is 9.44. The van der Waals surface area contributed by atoms with Crippen LogP contribution in [0.25, 0.3) is 0 Å². The standard InChI is InChI=1S/C18H27N5O2/c1-2-11-25-13-16-17-15(23(20-19-17)12-14-5-6-14)7-10-22(16)18(24)21-8-3-4-9-21/h2,14,16H,1,3-13H2. The summed E-state index contributed by atoms with van der Waals surface area (Å²) in [5, 5.41) is 8.84. The van der Waals surface area contributed by atoms with Gasteiger partial charge in [-0.15, -0.1) is 11.7 Å². The molecule has 1 saturated heterocycles. The van der Waals surface area contributed by atoms with Crippen molar-refractivity contribution in [3.8, 4) is 0 Å². The van der Waals surface area contributed by atoms with Gasteiger partial charge in [0.15, 0.2) is 0 Å². The minimum absolute atomic E-state index is 0.118. The molecule has 0 aromatic carbocycles. The highest BCUT2D eigenvalue weighted by atomic mass is 16.5. The largest absolute Gasteiger partial charge is 0.375 e. The summed E-state index contributed by atoms with van der Waals surface area (Å²) >= 11 is 0. The third-order valence-corrected chi connectivity index (χ3v) is 5.41. The van der Waals surface area contributed by atoms with E-state index in [4.69, 9.17) is 4.74 Å². The molecule has 2 amide bonds. The second-order valence-electron chi connectivity index (χ2n) is 7.31. The van der Waals surface area contributed by atoms with Gasteiger partial charge in [0.2, 0.25) is 0 Å². The summed E-state index contributed by atoms with van der Waals surface area (Å²) in [6, 6.07) is -0.0307. The molecule has 7 heteroatoms. The van der Waals surface area contributed by atoms with Gasteiger partial charge in [0.05, 0.1) is 18.9 Å². The predicted octanol–water partition coefficient (Wildman–Crippen LogP) is 2.01. The number of hydrogen-bond acceptors (Lipinski definition) is 4. The first-order chi connectivity index (χ1) is 12.3. The molecule has 1 saturated carbocycles. The minimum Gasteiger partial charge on any atom is -0.375 e. The van der Waals surface area contributed by atoms with Gasteiger partial charge in [0.1, 0.15) is 11.7 Å². The van der Waals surface area contributed by atoms with E-state index in [-0.39, 0.29) is 12.1 Å². The average Bonchev–Trinajstić information content (AvgIpc) is 3.11. The first kappa shape index (κ1) is 16.6. The number of rotatable bonds is 6. The zero-order valence-electron chi connectivity index (χ0n) is 14.8. The Kier molecular flexibility index (Phi) is 4.74. The Bertz CT molecular complexity index is 633. The molecule has 2 aliphatic heterocycles. The predicted molar refractivity (Wildman–Crippen MR) is 93.1 cm³/mol. The average molecular weight is 345 g/mol. The molecule has 0 spiro atoms. The minimum atomic E-state index is -0.148. The van der Waals surface area contributed by atoms with Gasteiger partial charge in [0.25, 0.3) is 0 Å². The van der Waals surface area contributed by atoms with Crippen molar-refractivity contribution in [2.75, 3.05) is 32.8 Å². The number of fused-ring (bicyclic) bond motifs is 1. The number of nitrogens with zero attached hydrogens (tertiary/aromatic N) is 5. The molecule has 0 bridgehead atoms. The molecule has 4 rings (SSSR count). The van der Waals surface area contributed by atoms with Crippen molar-refractivity contribution < 1.29 is 9.53 Å². The molecule has 25 heavy (non-hydrogen) atoms. The van der Waals surface area contributed by atoms with E-state index in [0.29, 0.717) is 19.8 Å². The zero-order chi connectivity index (χ0) is 17.2. The first-order valence-electron chi connectivity index (χ1n) is 9.44. The van der Waals surface area contributed by atoms with Crippen LogP contribution in [0.5, 0.6) is 0 Å². The number of hydrogen-bond donors (Lipinski definition) is 0. The number of aromatic nitrogens is 3. The maximum absolute atomic E-state index is 13.0. The second-order valence-corrected chi connectivity index (χ2v) is 7.31. The van der Waals surface area contributed by atoms with Crippen LogP contribution in [0.3, 0.4) is 0 Å². The molecule has 3 heterocycles. The van der Waals surface area contributed by atoms with Gasteiger partial charge >= 0.3 is 6.03 Å². The Labute approximate surface area is 148 Å². The zero-order valence-corrected chi connectivity index (χ0v) is 14.8. The number of carbonyl (C=O) groups is 1. The van der Waals surface area contributed by atoms with E-state index in [9.17, 15) is 4.79 Å². The van der Waals surface area contributed by atoms with E-state index in [1.807, 2.05) is 9.80 Å². The Morgan fingerprint density at radius 2 is 2.08 bits per heavy atom. The van der Waals surface area contributed by atoms with E-state index in [2.05, 4.69) is 21.6 Å². The van der Waals surface area contributed by atoms with E-state index in [0.717, 1.165) is 50.5 Å². The molecule has 2 fully saturated rings. The summed E-state index contributed by atoms with van der Waals surface area (Å²) in [5.74, 6) is 0.755. The fraction of sp³-hybridized carbons (Fsp3) is 0.722. The van der Waals surface area contributed by atoms with Crippen LogP contribution in [0.15, 0.2) is 12.7 Å². The molecule has 3 aliphatic rings. The van der Waals surface area contributed by atoms with Crippen molar-refractivity contribution in [1.29, 1.82) is 0 Å². The van der Waals surface area contributed by atoms with E-state index < -0.39 is 0 Å². The smallest absolute Gasteiger partial charge is 0.320 e. The van der Waals surface area contributed by atoms with Gasteiger partial charge < -0.3 is 14.5 Å². The number of likely N-dealkylation sites (tertiary alicyclic amines) is 1. The number of urea groups is 1. The fourth-order valence-electron chi connectivity index (χ4n) is 3.83. The maximum Gasteiger partial charge on any atom is 0.320 e. The lowest BCUT2D eigenvalue weighted by atomic mass is 10.0. The lowest BCUT2D eigenvalue weighted by molar-refractivity contribution is 0.0685. The SMILES string of the molecule is C=CCOCC1c2nnn(CC3CC3)c2CCN1C(=O)N1CCCC1. The van der Waals surface area contributed by atoms with E-state index >= 15 is 0 Å². The highest BCUT2D eigenvalue weighted by molar-refractivity contribution is 5.75. The Morgan fingerprint density at radius 3 is 2.80 bits per heavy atom. The van der Waals surface area contributed by atoms with Crippen molar-refractivity contribution in [3.05, 3.63) is 24.0 Å². The highest BCUT2D eigenvalue weighted by Crippen LogP contribution is 2.34. The van der Waals surface area contributed by atoms with Crippen LogP contribution in [0.1, 0.15) is 43.1 Å². The fourth-order valence-corrected chi connectivity index (χ4v) is 3.83. The van der Waals surface area contributed by atoms with Crippen LogP contribution < -0.4 is 0 Å². The van der Waals surface area contributed by atoms with Crippen LogP contribution >= 0.6 is 0 Å². The van der Waals surface area contributed by atoms with Crippen molar-refractivity contribution in [1.82, 2.24) is 24.8 Å². The van der Waals surface area contributed by atoms with Crippen molar-refractivity contribution in [2.45, 2.75) is 44.7 Å². The Balaban J connectivity index is 1.55. The van der Waals surface area contributed by atoms with Gasteiger partial charge in [-0.05, 0) is 31.6 Å². The third-order valence-electron chi connectivity index (χ3n) is 5.41. The molecule has 1 aromatic rings. The van der Waals surface area contributed by atoms with E-state index in [1.54, 1.807) is 6.08 Å². The molecule has 0 N–H and O–H groups in total. The van der Waals surface area contributed by atoms with Gasteiger partial charge in [-0.25, -0.2) is 9.48 Å². The number of carbonyl (C=O) groups excluding carboxylic acids is 1. The van der Waals surface area contributed by atoms with Crippen molar-refractivity contribution >= 4 is 6.03 Å². The molecule has 1 atom stereocenters. The van der Waals surface area contributed by atoms with Gasteiger partial charge in [-0.2, -0.15) is 0 Å². The summed E-state index contributed by atoms with van der Waals surface area (Å²) in [6.07, 6.45) is 7.34. The highest BCUT2D eigenvalue weighted by Gasteiger charge is 2.38. The van der Waals surface area contributed by atoms with Gasteiger partial charge in [-0.3, -0.25) is 0 Å². The molecular formula is C18H27N5O2. The summed E-state index contributed by atoms with van der Waals surface area (Å²) in [5.41, 5.74) is 2.10. The molecular weight excluding hydrogens is 318 g/mol. The normalized spacial score (nSPS) is 23.0. The monoisotopic (exact) mass is 345 g/mol. The molecule has 136 valence electrons. The third kappa shape index (κ3) is 3.42. The molecule has 7 nitrogen and oxygen atoms in total. The molecule has 1 aromatic heterocycles. The van der Waals surface area contributed by atoms with Crippen molar-refractivity contribution in [3.63, 3.8) is 0 Å². The number of amides is 2. The lowest BCUT2D eigenvalue weighted by Gasteiger charge is -2.37. The van der Waals surface area contributed by atoms with Gasteiger partial charge in [0, 0.05) is 32.6 Å². The summed E-state index contributed by atoms with van der Waals surface area (Å²) in [4.78, 5) is 16.9. The topological polar surface area (TPSA) is 63.5 Å². The summed E-state index contributed by atoms with van der Waals surface area (Å²) < 4.78 is 7.78. The van der Waals surface area contributed by atoms with Crippen LogP contribution in [-0.2, 0) is 17.7 Å². The van der Waals surface area contributed by atoms with E-state index in [1.165, 1.54) is 18.5 Å². The lowest BCUT2D eigenvalue weighted by Crippen LogP contribution is -2.48.